The summed E-state index contributed by atoms with van der Waals surface area (Å²) in [6.07, 6.45) is 0.872. The largest absolute Gasteiger partial charge is 0.335 e. The molecule has 2 amide bonds. The molecule has 16 heavy (non-hydrogen) atoms. The molecule has 0 bridgehead atoms. The van der Waals surface area contributed by atoms with Crippen molar-refractivity contribution in [1.29, 1.82) is 0 Å². The predicted octanol–water partition coefficient (Wildman–Crippen LogP) is 3.91. The van der Waals surface area contributed by atoms with Gasteiger partial charge in [0.15, 0.2) is 0 Å². The lowest BCUT2D eigenvalue weighted by molar-refractivity contribution is 0.249. The second-order valence-electron chi connectivity index (χ2n) is 3.53. The summed E-state index contributed by atoms with van der Waals surface area (Å²) in [5.74, 6) is 0. The van der Waals surface area contributed by atoms with Crippen LogP contribution >= 0.6 is 23.2 Å². The zero-order valence-corrected chi connectivity index (χ0v) is 10.7. The van der Waals surface area contributed by atoms with Gasteiger partial charge in [0.25, 0.3) is 0 Å². The van der Waals surface area contributed by atoms with E-state index >= 15 is 0 Å². The Labute approximate surface area is 105 Å². The van der Waals surface area contributed by atoms with Crippen LogP contribution in [0.25, 0.3) is 0 Å². The third-order valence-electron chi connectivity index (χ3n) is 2.17. The van der Waals surface area contributed by atoms with Crippen LogP contribution in [0.4, 0.5) is 10.5 Å². The van der Waals surface area contributed by atoms with Crippen LogP contribution in [-0.2, 0) is 0 Å². The van der Waals surface area contributed by atoms with E-state index in [1.807, 2.05) is 13.8 Å². The molecule has 1 aromatic carbocycles. The summed E-state index contributed by atoms with van der Waals surface area (Å²) in [5.41, 5.74) is 0.509. The number of amides is 2. The third kappa shape index (κ3) is 3.91. The van der Waals surface area contributed by atoms with Crippen molar-refractivity contribution in [2.24, 2.45) is 0 Å². The van der Waals surface area contributed by atoms with Crippen molar-refractivity contribution >= 4 is 34.9 Å². The normalized spacial score (nSPS) is 12.0. The Hall–Kier alpha value is -0.930. The average Bonchev–Trinajstić information content (AvgIpc) is 2.23. The minimum atomic E-state index is -0.279. The smallest absolute Gasteiger partial charge is 0.319 e. The van der Waals surface area contributed by atoms with Gasteiger partial charge in [-0.1, -0.05) is 30.1 Å². The first kappa shape index (κ1) is 13.1. The lowest BCUT2D eigenvalue weighted by atomic mass is 10.3. The molecule has 0 aromatic heterocycles. The zero-order valence-electron chi connectivity index (χ0n) is 9.18. The lowest BCUT2D eigenvalue weighted by Crippen LogP contribution is -2.35. The van der Waals surface area contributed by atoms with Crippen molar-refractivity contribution in [1.82, 2.24) is 5.32 Å². The number of carbonyl (C=O) groups is 1. The van der Waals surface area contributed by atoms with E-state index in [0.717, 1.165) is 6.42 Å². The summed E-state index contributed by atoms with van der Waals surface area (Å²) in [4.78, 5) is 11.5. The number of hydrogen-bond donors (Lipinski definition) is 2. The summed E-state index contributed by atoms with van der Waals surface area (Å²) < 4.78 is 0. The SMILES string of the molecule is CC[C@@H](C)NC(=O)Nc1cc(Cl)ccc1Cl. The van der Waals surface area contributed by atoms with Gasteiger partial charge in [-0.25, -0.2) is 4.79 Å². The first-order valence-electron chi connectivity index (χ1n) is 5.05. The maximum Gasteiger partial charge on any atom is 0.319 e. The zero-order chi connectivity index (χ0) is 12.1. The molecule has 0 radical (unpaired) electrons. The third-order valence-corrected chi connectivity index (χ3v) is 2.73. The number of halogens is 2. The van der Waals surface area contributed by atoms with Gasteiger partial charge < -0.3 is 10.6 Å². The van der Waals surface area contributed by atoms with Crippen LogP contribution in [0.1, 0.15) is 20.3 Å². The molecule has 0 fully saturated rings. The summed E-state index contributed by atoms with van der Waals surface area (Å²) in [6, 6.07) is 4.77. The molecule has 0 aliphatic rings. The second kappa shape index (κ2) is 5.97. The minimum absolute atomic E-state index is 0.123. The molecule has 1 aromatic rings. The molecule has 1 atom stereocenters. The number of rotatable bonds is 3. The first-order chi connectivity index (χ1) is 7.52. The highest BCUT2D eigenvalue weighted by atomic mass is 35.5. The number of carbonyl (C=O) groups excluding carboxylic acids is 1. The van der Waals surface area contributed by atoms with E-state index in [1.54, 1.807) is 18.2 Å². The van der Waals surface area contributed by atoms with E-state index in [1.165, 1.54) is 0 Å². The number of hydrogen-bond acceptors (Lipinski definition) is 1. The average molecular weight is 261 g/mol. The molecule has 0 heterocycles. The van der Waals surface area contributed by atoms with E-state index < -0.39 is 0 Å². The quantitative estimate of drug-likeness (QED) is 0.850. The second-order valence-corrected chi connectivity index (χ2v) is 4.38. The molecule has 2 N–H and O–H groups in total. The highest BCUT2D eigenvalue weighted by molar-refractivity contribution is 6.35. The van der Waals surface area contributed by atoms with Gasteiger partial charge in [0.1, 0.15) is 0 Å². The van der Waals surface area contributed by atoms with E-state index in [4.69, 9.17) is 23.2 Å². The van der Waals surface area contributed by atoms with E-state index in [0.29, 0.717) is 15.7 Å². The van der Waals surface area contributed by atoms with Gasteiger partial charge in [0.2, 0.25) is 0 Å². The molecule has 1 rings (SSSR count). The molecule has 0 saturated carbocycles. The van der Waals surface area contributed by atoms with Crippen molar-refractivity contribution in [3.8, 4) is 0 Å². The summed E-state index contributed by atoms with van der Waals surface area (Å²) >= 11 is 11.7. The van der Waals surface area contributed by atoms with Gasteiger partial charge in [0.05, 0.1) is 10.7 Å². The monoisotopic (exact) mass is 260 g/mol. The molecule has 88 valence electrons. The number of benzene rings is 1. The van der Waals surface area contributed by atoms with Crippen LogP contribution < -0.4 is 10.6 Å². The van der Waals surface area contributed by atoms with Crippen molar-refractivity contribution in [2.45, 2.75) is 26.3 Å². The fourth-order valence-electron chi connectivity index (χ4n) is 1.08. The van der Waals surface area contributed by atoms with Gasteiger partial charge in [-0.3, -0.25) is 0 Å². The van der Waals surface area contributed by atoms with Crippen molar-refractivity contribution in [3.63, 3.8) is 0 Å². The number of nitrogens with one attached hydrogen (secondary N) is 2. The molecule has 5 heteroatoms. The lowest BCUT2D eigenvalue weighted by Gasteiger charge is -2.13. The Morgan fingerprint density at radius 2 is 2.12 bits per heavy atom. The van der Waals surface area contributed by atoms with E-state index in [2.05, 4.69) is 10.6 Å². The molecule has 0 spiro atoms. The number of anilines is 1. The fourth-order valence-corrected chi connectivity index (χ4v) is 1.41. The molecular weight excluding hydrogens is 247 g/mol. The van der Waals surface area contributed by atoms with Crippen LogP contribution in [0.15, 0.2) is 18.2 Å². The summed E-state index contributed by atoms with van der Waals surface area (Å²) in [7, 11) is 0. The van der Waals surface area contributed by atoms with Gasteiger partial charge in [-0.15, -0.1) is 0 Å². The fraction of sp³-hybridized carbons (Fsp3) is 0.364. The topological polar surface area (TPSA) is 41.1 Å². The summed E-state index contributed by atoms with van der Waals surface area (Å²) in [5, 5.41) is 6.42. The van der Waals surface area contributed by atoms with Crippen LogP contribution in [0.2, 0.25) is 10.0 Å². The van der Waals surface area contributed by atoms with Gasteiger partial charge in [-0.05, 0) is 31.5 Å². The van der Waals surface area contributed by atoms with Gasteiger partial charge >= 0.3 is 6.03 Å². The van der Waals surface area contributed by atoms with Crippen LogP contribution in [0, 0.1) is 0 Å². The molecule has 0 aliphatic carbocycles. The van der Waals surface area contributed by atoms with Crippen LogP contribution in [0.3, 0.4) is 0 Å². The van der Waals surface area contributed by atoms with Gasteiger partial charge in [-0.2, -0.15) is 0 Å². The molecular formula is C11H14Cl2N2O. The van der Waals surface area contributed by atoms with Gasteiger partial charge in [0, 0.05) is 11.1 Å². The highest BCUT2D eigenvalue weighted by Gasteiger charge is 2.08. The van der Waals surface area contributed by atoms with Crippen molar-refractivity contribution < 1.29 is 4.79 Å². The van der Waals surface area contributed by atoms with Crippen molar-refractivity contribution in [2.75, 3.05) is 5.32 Å². The molecule has 0 saturated heterocycles. The standard InChI is InChI=1S/C11H14Cl2N2O/c1-3-7(2)14-11(16)15-10-6-8(12)4-5-9(10)13/h4-7H,3H2,1-2H3,(H2,14,15,16)/t7-/m1/s1. The van der Waals surface area contributed by atoms with Crippen LogP contribution in [0.5, 0.6) is 0 Å². The predicted molar refractivity (Wildman–Crippen MR) is 68.4 cm³/mol. The molecule has 0 aliphatic heterocycles. The van der Waals surface area contributed by atoms with Crippen LogP contribution in [-0.4, -0.2) is 12.1 Å². The Kier molecular flexibility index (Phi) is 4.90. The van der Waals surface area contributed by atoms with E-state index in [9.17, 15) is 4.79 Å². The Bertz CT molecular complexity index is 382. The highest BCUT2D eigenvalue weighted by Crippen LogP contribution is 2.25. The minimum Gasteiger partial charge on any atom is -0.335 e. The van der Waals surface area contributed by atoms with E-state index in [-0.39, 0.29) is 12.1 Å². The Balaban J connectivity index is 2.65. The van der Waals surface area contributed by atoms with Crippen molar-refractivity contribution in [3.05, 3.63) is 28.2 Å². The molecule has 3 nitrogen and oxygen atoms in total. The molecule has 0 unspecified atom stereocenters. The Morgan fingerprint density at radius 3 is 2.75 bits per heavy atom. The first-order valence-corrected chi connectivity index (χ1v) is 5.81. The summed E-state index contributed by atoms with van der Waals surface area (Å²) in [6.45, 7) is 3.93. The maximum absolute atomic E-state index is 11.5. The maximum atomic E-state index is 11.5. The Morgan fingerprint density at radius 1 is 1.44 bits per heavy atom. The number of urea groups is 1.